The lowest BCUT2D eigenvalue weighted by Crippen LogP contribution is -2.37. The zero-order chi connectivity index (χ0) is 17.7. The Kier molecular flexibility index (Phi) is 6.64. The average molecular weight is 352 g/mol. The van der Waals surface area contributed by atoms with Gasteiger partial charge < -0.3 is 18.7 Å². The maximum atomic E-state index is 12.3. The Morgan fingerprint density at radius 3 is 2.67 bits per heavy atom. The molecule has 0 saturated carbocycles. The van der Waals surface area contributed by atoms with Gasteiger partial charge >= 0.3 is 5.97 Å². The Morgan fingerprint density at radius 2 is 2.04 bits per heavy atom. The maximum Gasteiger partial charge on any atom is 0.338 e. The van der Waals surface area contributed by atoms with Gasteiger partial charge in [-0.05, 0) is 26.0 Å². The van der Waals surface area contributed by atoms with Crippen molar-refractivity contribution in [1.82, 2.24) is 0 Å². The van der Waals surface area contributed by atoms with Crippen molar-refractivity contribution in [1.29, 1.82) is 0 Å². The predicted octanol–water partition coefficient (Wildman–Crippen LogP) is 2.41. The Balaban J connectivity index is 1.95. The Labute approximate surface area is 143 Å². The van der Waals surface area contributed by atoms with Crippen LogP contribution in [0.1, 0.15) is 24.2 Å². The fourth-order valence-electron chi connectivity index (χ4n) is 2.37. The summed E-state index contributed by atoms with van der Waals surface area (Å²) in [6, 6.07) is 7.80. The SMILES string of the molecule is [B][C@@H]1OC[C@H](OCP(C)(=O)OC(C)C)[C@H]1OC(=O)c1ccccc1. The van der Waals surface area contributed by atoms with Crippen LogP contribution in [0.5, 0.6) is 0 Å². The smallest absolute Gasteiger partial charge is 0.338 e. The number of carbonyl (C=O) groups excluding carboxylic acids is 1. The molecule has 0 spiro atoms. The molecule has 2 rings (SSSR count). The van der Waals surface area contributed by atoms with E-state index < -0.39 is 31.5 Å². The van der Waals surface area contributed by atoms with Crippen LogP contribution in [-0.4, -0.2) is 57.8 Å². The molecule has 0 amide bonds. The molecule has 0 bridgehead atoms. The van der Waals surface area contributed by atoms with E-state index in [-0.39, 0.29) is 19.1 Å². The summed E-state index contributed by atoms with van der Waals surface area (Å²) in [5.41, 5.74) is 0.416. The Hall–Kier alpha value is -1.14. The lowest BCUT2D eigenvalue weighted by molar-refractivity contribution is -0.0230. The number of hydrogen-bond acceptors (Lipinski definition) is 6. The number of carbonyl (C=O) groups is 1. The molecule has 4 atom stereocenters. The third-order valence-electron chi connectivity index (χ3n) is 3.35. The monoisotopic (exact) mass is 352 g/mol. The fourth-order valence-corrected chi connectivity index (χ4v) is 3.78. The van der Waals surface area contributed by atoms with Gasteiger partial charge in [0, 0.05) is 6.66 Å². The summed E-state index contributed by atoms with van der Waals surface area (Å²) < 4.78 is 34.0. The normalized spacial score (nSPS) is 26.2. The van der Waals surface area contributed by atoms with Crippen molar-refractivity contribution in [2.75, 3.05) is 19.6 Å². The van der Waals surface area contributed by atoms with Crippen LogP contribution in [0.3, 0.4) is 0 Å². The highest BCUT2D eigenvalue weighted by Crippen LogP contribution is 2.44. The van der Waals surface area contributed by atoms with Gasteiger partial charge in [-0.1, -0.05) is 18.2 Å². The quantitative estimate of drug-likeness (QED) is 0.426. The highest BCUT2D eigenvalue weighted by molar-refractivity contribution is 7.57. The molecule has 0 aliphatic carbocycles. The number of hydrogen-bond donors (Lipinski definition) is 0. The van der Waals surface area contributed by atoms with Crippen LogP contribution in [0.4, 0.5) is 0 Å². The van der Waals surface area contributed by atoms with Crippen molar-refractivity contribution in [3.8, 4) is 0 Å². The van der Waals surface area contributed by atoms with E-state index in [4.69, 9.17) is 26.6 Å². The standard InChI is InChI=1S/C16H22BO6P/c1-11(2)23-24(3,19)10-21-13-9-20-15(17)14(13)22-16(18)12-7-5-4-6-8-12/h4-8,11,13-15H,9-10H2,1-3H3/t13-,14+,15+,24?/m0/s1. The minimum atomic E-state index is -2.90. The van der Waals surface area contributed by atoms with Crippen LogP contribution in [0.25, 0.3) is 0 Å². The molecule has 6 nitrogen and oxygen atoms in total. The minimum absolute atomic E-state index is 0.0920. The molecular weight excluding hydrogens is 330 g/mol. The second kappa shape index (κ2) is 8.30. The van der Waals surface area contributed by atoms with E-state index in [9.17, 15) is 9.36 Å². The summed E-state index contributed by atoms with van der Waals surface area (Å²) in [4.78, 5) is 12.2. The zero-order valence-electron chi connectivity index (χ0n) is 14.1. The summed E-state index contributed by atoms with van der Waals surface area (Å²) in [6.45, 7) is 5.27. The molecule has 1 aliphatic heterocycles. The van der Waals surface area contributed by atoms with Gasteiger partial charge in [-0.2, -0.15) is 0 Å². The Morgan fingerprint density at radius 1 is 1.38 bits per heavy atom. The second-order valence-corrected chi connectivity index (χ2v) is 8.53. The molecule has 1 saturated heterocycles. The van der Waals surface area contributed by atoms with E-state index in [1.165, 1.54) is 6.66 Å². The van der Waals surface area contributed by atoms with Crippen LogP contribution < -0.4 is 0 Å². The van der Waals surface area contributed by atoms with E-state index in [1.807, 2.05) is 0 Å². The number of esters is 1. The molecule has 0 aromatic heterocycles. The lowest BCUT2D eigenvalue weighted by atomic mass is 9.93. The summed E-state index contributed by atoms with van der Waals surface area (Å²) in [5, 5.41) is 0. The summed E-state index contributed by atoms with van der Waals surface area (Å²) in [5.74, 6) is -0.506. The van der Waals surface area contributed by atoms with Crippen LogP contribution in [0.15, 0.2) is 30.3 Å². The van der Waals surface area contributed by atoms with Gasteiger partial charge in [-0.15, -0.1) is 0 Å². The van der Waals surface area contributed by atoms with Crippen molar-refractivity contribution < 1.29 is 28.1 Å². The van der Waals surface area contributed by atoms with E-state index in [0.717, 1.165) is 0 Å². The van der Waals surface area contributed by atoms with E-state index >= 15 is 0 Å². The minimum Gasteiger partial charge on any atom is -0.454 e. The van der Waals surface area contributed by atoms with Gasteiger partial charge in [0.1, 0.15) is 26.4 Å². The van der Waals surface area contributed by atoms with Crippen molar-refractivity contribution >= 4 is 21.2 Å². The van der Waals surface area contributed by atoms with Crippen molar-refractivity contribution in [3.63, 3.8) is 0 Å². The summed E-state index contributed by atoms with van der Waals surface area (Å²) >= 11 is 0. The fraction of sp³-hybridized carbons (Fsp3) is 0.562. The third kappa shape index (κ3) is 5.45. The van der Waals surface area contributed by atoms with Gasteiger partial charge in [0.15, 0.2) is 0 Å². The summed E-state index contributed by atoms with van der Waals surface area (Å²) in [6.07, 6.45) is -1.61. The zero-order valence-corrected chi connectivity index (χ0v) is 15.0. The lowest BCUT2D eigenvalue weighted by Gasteiger charge is -2.24. The molecule has 1 fully saturated rings. The van der Waals surface area contributed by atoms with E-state index in [1.54, 1.807) is 44.2 Å². The highest BCUT2D eigenvalue weighted by Gasteiger charge is 2.39. The van der Waals surface area contributed by atoms with Crippen molar-refractivity contribution in [2.45, 2.75) is 38.2 Å². The number of benzene rings is 1. The summed E-state index contributed by atoms with van der Waals surface area (Å²) in [7, 11) is 2.94. The molecule has 1 aromatic carbocycles. The number of ether oxygens (including phenoxy) is 3. The van der Waals surface area contributed by atoms with Crippen LogP contribution >= 0.6 is 7.37 Å². The first-order valence-corrected chi connectivity index (χ1v) is 10.0. The predicted molar refractivity (Wildman–Crippen MR) is 90.6 cm³/mol. The first kappa shape index (κ1) is 19.2. The molecular formula is C16H22BO6P. The van der Waals surface area contributed by atoms with Gasteiger partial charge in [-0.3, -0.25) is 4.57 Å². The van der Waals surface area contributed by atoms with Gasteiger partial charge in [0.05, 0.1) is 24.3 Å². The largest absolute Gasteiger partial charge is 0.454 e. The van der Waals surface area contributed by atoms with E-state index in [0.29, 0.717) is 5.56 Å². The average Bonchev–Trinajstić information content (AvgIpc) is 2.85. The second-order valence-electron chi connectivity index (χ2n) is 6.04. The number of rotatable bonds is 7. The molecule has 2 radical (unpaired) electrons. The molecule has 130 valence electrons. The third-order valence-corrected chi connectivity index (χ3v) is 4.84. The maximum absolute atomic E-state index is 12.3. The molecule has 1 heterocycles. The first-order chi connectivity index (χ1) is 11.3. The molecule has 1 aliphatic rings. The highest BCUT2D eigenvalue weighted by atomic mass is 31.2. The van der Waals surface area contributed by atoms with Gasteiger partial charge in [0.25, 0.3) is 0 Å². The molecule has 1 aromatic rings. The first-order valence-electron chi connectivity index (χ1n) is 7.78. The van der Waals surface area contributed by atoms with Crippen LogP contribution in [-0.2, 0) is 23.3 Å². The van der Waals surface area contributed by atoms with Crippen LogP contribution in [0.2, 0.25) is 0 Å². The van der Waals surface area contributed by atoms with E-state index in [2.05, 4.69) is 0 Å². The van der Waals surface area contributed by atoms with Gasteiger partial charge in [-0.25, -0.2) is 4.79 Å². The van der Waals surface area contributed by atoms with Crippen molar-refractivity contribution in [2.24, 2.45) is 0 Å². The molecule has 24 heavy (non-hydrogen) atoms. The Bertz CT molecular complexity index is 593. The molecule has 8 heteroatoms. The molecule has 1 unspecified atom stereocenters. The van der Waals surface area contributed by atoms with Gasteiger partial charge in [0.2, 0.25) is 7.37 Å². The topological polar surface area (TPSA) is 71.1 Å². The molecule has 0 N–H and O–H groups in total. The van der Waals surface area contributed by atoms with Crippen molar-refractivity contribution in [3.05, 3.63) is 35.9 Å². The van der Waals surface area contributed by atoms with Crippen LogP contribution in [0, 0.1) is 0 Å².